The molecule has 0 saturated carbocycles. The molecule has 0 spiro atoms. The number of hydrogen-bond acceptors (Lipinski definition) is 5. The van der Waals surface area contributed by atoms with E-state index in [4.69, 9.17) is 0 Å². The van der Waals surface area contributed by atoms with Gasteiger partial charge >= 0.3 is 0 Å². The highest BCUT2D eigenvalue weighted by molar-refractivity contribution is 7.19. The first-order valence-electron chi connectivity index (χ1n) is 4.41. The van der Waals surface area contributed by atoms with Crippen LogP contribution >= 0.6 is 11.3 Å². The molecule has 74 valence electrons. The Kier molecular flexibility index (Phi) is 2.60. The number of nitrogens with zero attached hydrogens (tertiary/aromatic N) is 2. The SMILES string of the molecule is CNCc1cc2c(NC)nncc2s1. The topological polar surface area (TPSA) is 49.8 Å². The number of rotatable bonds is 3. The number of thiophene rings is 1. The van der Waals surface area contributed by atoms with Crippen LogP contribution in [0.3, 0.4) is 0 Å². The number of aromatic nitrogens is 2. The van der Waals surface area contributed by atoms with Crippen LogP contribution in [0.25, 0.3) is 10.1 Å². The van der Waals surface area contributed by atoms with Gasteiger partial charge in [-0.05, 0) is 13.1 Å². The third kappa shape index (κ3) is 1.56. The van der Waals surface area contributed by atoms with E-state index in [-0.39, 0.29) is 0 Å². The van der Waals surface area contributed by atoms with Gasteiger partial charge in [0, 0.05) is 23.9 Å². The normalized spacial score (nSPS) is 10.7. The molecule has 0 fully saturated rings. The second-order valence-corrected chi connectivity index (χ2v) is 4.13. The van der Waals surface area contributed by atoms with Crippen LogP contribution in [0.5, 0.6) is 0 Å². The number of nitrogens with one attached hydrogen (secondary N) is 2. The standard InChI is InChI=1S/C9H12N4S/c1-10-4-6-3-7-8(14-6)5-12-13-9(7)11-2/h3,5,10H,4H2,1-2H3,(H,11,13). The molecule has 2 aromatic heterocycles. The first-order chi connectivity index (χ1) is 6.85. The van der Waals surface area contributed by atoms with E-state index in [1.165, 1.54) is 9.58 Å². The third-order valence-corrected chi connectivity index (χ3v) is 3.06. The Morgan fingerprint density at radius 3 is 3.00 bits per heavy atom. The van der Waals surface area contributed by atoms with Crippen molar-refractivity contribution in [2.24, 2.45) is 0 Å². The molecule has 0 saturated heterocycles. The fourth-order valence-electron chi connectivity index (χ4n) is 1.38. The molecule has 0 radical (unpaired) electrons. The van der Waals surface area contributed by atoms with Crippen molar-refractivity contribution in [2.45, 2.75) is 6.54 Å². The molecule has 5 heteroatoms. The summed E-state index contributed by atoms with van der Waals surface area (Å²) in [5.74, 6) is 0.848. The minimum absolute atomic E-state index is 0.848. The van der Waals surface area contributed by atoms with Gasteiger partial charge in [-0.15, -0.1) is 16.4 Å². The van der Waals surface area contributed by atoms with Crippen LogP contribution in [0.15, 0.2) is 12.3 Å². The average Bonchev–Trinajstić information content (AvgIpc) is 2.60. The zero-order chi connectivity index (χ0) is 9.97. The van der Waals surface area contributed by atoms with E-state index in [0.717, 1.165) is 17.7 Å². The van der Waals surface area contributed by atoms with Gasteiger partial charge in [-0.3, -0.25) is 0 Å². The van der Waals surface area contributed by atoms with Crippen molar-refractivity contribution in [1.82, 2.24) is 15.5 Å². The molecule has 0 unspecified atom stereocenters. The van der Waals surface area contributed by atoms with Gasteiger partial charge in [-0.25, -0.2) is 0 Å². The van der Waals surface area contributed by atoms with E-state index in [1.54, 1.807) is 17.5 Å². The highest BCUT2D eigenvalue weighted by Crippen LogP contribution is 2.28. The van der Waals surface area contributed by atoms with E-state index >= 15 is 0 Å². The number of anilines is 1. The van der Waals surface area contributed by atoms with Gasteiger partial charge < -0.3 is 10.6 Å². The van der Waals surface area contributed by atoms with Gasteiger partial charge in [0.1, 0.15) is 0 Å². The van der Waals surface area contributed by atoms with Crippen LogP contribution in [0.2, 0.25) is 0 Å². The molecule has 4 nitrogen and oxygen atoms in total. The Morgan fingerprint density at radius 1 is 1.43 bits per heavy atom. The zero-order valence-corrected chi connectivity index (χ0v) is 8.98. The minimum atomic E-state index is 0.848. The first kappa shape index (κ1) is 9.36. The summed E-state index contributed by atoms with van der Waals surface area (Å²) >= 11 is 1.75. The van der Waals surface area contributed by atoms with Gasteiger partial charge in [0.05, 0.1) is 10.9 Å². The van der Waals surface area contributed by atoms with Gasteiger partial charge in [-0.2, -0.15) is 5.10 Å². The van der Waals surface area contributed by atoms with E-state index < -0.39 is 0 Å². The molecule has 0 bridgehead atoms. The predicted octanol–water partition coefficient (Wildman–Crippen LogP) is 1.45. The quantitative estimate of drug-likeness (QED) is 0.801. The lowest BCUT2D eigenvalue weighted by Crippen LogP contribution is -2.02. The van der Waals surface area contributed by atoms with Crippen LogP contribution in [-0.4, -0.2) is 24.3 Å². The van der Waals surface area contributed by atoms with Gasteiger partial charge in [0.25, 0.3) is 0 Å². The molecule has 0 aliphatic rings. The van der Waals surface area contributed by atoms with E-state index in [0.29, 0.717) is 0 Å². The van der Waals surface area contributed by atoms with Crippen LogP contribution in [0.4, 0.5) is 5.82 Å². The van der Waals surface area contributed by atoms with E-state index in [9.17, 15) is 0 Å². The summed E-state index contributed by atoms with van der Waals surface area (Å²) in [6, 6.07) is 2.15. The van der Waals surface area contributed by atoms with Gasteiger partial charge in [0.2, 0.25) is 0 Å². The molecular formula is C9H12N4S. The lowest BCUT2D eigenvalue weighted by Gasteiger charge is -1.96. The summed E-state index contributed by atoms with van der Waals surface area (Å²) in [5, 5.41) is 15.3. The fraction of sp³-hybridized carbons (Fsp3) is 0.333. The second kappa shape index (κ2) is 3.89. The molecule has 2 rings (SSSR count). The number of fused-ring (bicyclic) bond motifs is 1. The number of hydrogen-bond donors (Lipinski definition) is 2. The Bertz CT molecular complexity index is 437. The lowest BCUT2D eigenvalue weighted by molar-refractivity contribution is 0.832. The van der Waals surface area contributed by atoms with E-state index in [1.807, 2.05) is 14.1 Å². The molecule has 2 heterocycles. The molecule has 2 aromatic rings. The maximum atomic E-state index is 4.02. The monoisotopic (exact) mass is 208 g/mol. The molecule has 0 aliphatic carbocycles. The van der Waals surface area contributed by atoms with Crippen LogP contribution in [0, 0.1) is 0 Å². The summed E-state index contributed by atoms with van der Waals surface area (Å²) in [5.41, 5.74) is 0. The van der Waals surface area contributed by atoms with Crippen molar-refractivity contribution in [1.29, 1.82) is 0 Å². The van der Waals surface area contributed by atoms with Crippen molar-refractivity contribution in [3.63, 3.8) is 0 Å². The van der Waals surface area contributed by atoms with Crippen molar-refractivity contribution in [2.75, 3.05) is 19.4 Å². The summed E-state index contributed by atoms with van der Waals surface area (Å²) < 4.78 is 1.18. The Hall–Kier alpha value is -1.20. The Balaban J connectivity index is 2.52. The second-order valence-electron chi connectivity index (χ2n) is 2.96. The van der Waals surface area contributed by atoms with Crippen LogP contribution in [0.1, 0.15) is 4.88 Å². The maximum absolute atomic E-state index is 4.02. The summed E-state index contributed by atoms with van der Waals surface area (Å²) in [4.78, 5) is 1.30. The molecule has 0 atom stereocenters. The zero-order valence-electron chi connectivity index (χ0n) is 8.16. The smallest absolute Gasteiger partial charge is 0.157 e. The van der Waals surface area contributed by atoms with Crippen molar-refractivity contribution in [3.05, 3.63) is 17.1 Å². The average molecular weight is 208 g/mol. The Morgan fingerprint density at radius 2 is 2.29 bits per heavy atom. The van der Waals surface area contributed by atoms with Crippen LogP contribution < -0.4 is 10.6 Å². The molecule has 0 aliphatic heterocycles. The molecule has 14 heavy (non-hydrogen) atoms. The maximum Gasteiger partial charge on any atom is 0.157 e. The van der Waals surface area contributed by atoms with Crippen molar-refractivity contribution in [3.8, 4) is 0 Å². The molecule has 0 aromatic carbocycles. The fourth-order valence-corrected chi connectivity index (χ4v) is 2.42. The van der Waals surface area contributed by atoms with Crippen LogP contribution in [-0.2, 0) is 6.54 Å². The molecular weight excluding hydrogens is 196 g/mol. The highest BCUT2D eigenvalue weighted by atomic mass is 32.1. The van der Waals surface area contributed by atoms with Gasteiger partial charge in [-0.1, -0.05) is 0 Å². The lowest BCUT2D eigenvalue weighted by atomic mass is 10.3. The molecule has 0 amide bonds. The van der Waals surface area contributed by atoms with Crippen molar-refractivity contribution >= 4 is 27.2 Å². The summed E-state index contributed by atoms with van der Waals surface area (Å²) in [6.07, 6.45) is 1.81. The predicted molar refractivity (Wildman–Crippen MR) is 59.7 cm³/mol. The minimum Gasteiger partial charge on any atom is -0.371 e. The molecule has 2 N–H and O–H groups in total. The summed E-state index contributed by atoms with van der Waals surface area (Å²) in [7, 11) is 3.80. The largest absolute Gasteiger partial charge is 0.371 e. The van der Waals surface area contributed by atoms with Gasteiger partial charge in [0.15, 0.2) is 5.82 Å². The third-order valence-electron chi connectivity index (χ3n) is 1.99. The first-order valence-corrected chi connectivity index (χ1v) is 5.23. The highest BCUT2D eigenvalue weighted by Gasteiger charge is 2.06. The Labute approximate surface area is 86.4 Å². The summed E-state index contributed by atoms with van der Waals surface area (Å²) in [6.45, 7) is 0.891. The van der Waals surface area contributed by atoms with E-state index in [2.05, 4.69) is 26.9 Å². The van der Waals surface area contributed by atoms with Crippen molar-refractivity contribution < 1.29 is 0 Å².